The van der Waals surface area contributed by atoms with E-state index in [2.05, 4.69) is 34.3 Å². The molecule has 7 heteroatoms. The third-order valence-electron chi connectivity index (χ3n) is 7.75. The molecule has 6 rings (SSSR count). The van der Waals surface area contributed by atoms with Crippen LogP contribution in [0.15, 0.2) is 69.8 Å². The Balaban J connectivity index is 1.15. The van der Waals surface area contributed by atoms with Gasteiger partial charge in [-0.2, -0.15) is 0 Å². The first-order valence-corrected chi connectivity index (χ1v) is 13.2. The number of fused-ring (bicyclic) bond motifs is 2. The van der Waals surface area contributed by atoms with Crippen molar-refractivity contribution >= 4 is 5.97 Å². The van der Waals surface area contributed by atoms with E-state index < -0.39 is 0 Å². The molecule has 2 atom stereocenters. The summed E-state index contributed by atoms with van der Waals surface area (Å²) in [6.45, 7) is 4.92. The van der Waals surface area contributed by atoms with Gasteiger partial charge in [0.1, 0.15) is 29.6 Å². The van der Waals surface area contributed by atoms with Crippen LogP contribution in [0.1, 0.15) is 69.9 Å². The molecular weight excluding hydrogens is 480 g/mol. The Labute approximate surface area is 222 Å². The minimum atomic E-state index is -0.290. The number of esters is 1. The van der Waals surface area contributed by atoms with Crippen LogP contribution in [-0.2, 0) is 35.5 Å². The molecule has 0 bridgehead atoms. The summed E-state index contributed by atoms with van der Waals surface area (Å²) in [6.07, 6.45) is 4.69. The molecule has 4 aromatic rings. The van der Waals surface area contributed by atoms with Gasteiger partial charge in [-0.1, -0.05) is 35.5 Å². The van der Waals surface area contributed by atoms with E-state index in [0.717, 1.165) is 61.7 Å². The molecule has 2 aliphatic rings. The first kappa shape index (κ1) is 24.5. The number of benzene rings is 2. The van der Waals surface area contributed by atoms with Crippen molar-refractivity contribution in [3.63, 3.8) is 0 Å². The van der Waals surface area contributed by atoms with Crippen LogP contribution in [0.3, 0.4) is 0 Å². The van der Waals surface area contributed by atoms with Gasteiger partial charge in [-0.3, -0.25) is 9.69 Å². The highest BCUT2D eigenvalue weighted by atomic mass is 16.5. The van der Waals surface area contributed by atoms with Gasteiger partial charge in [-0.25, -0.2) is 0 Å². The quantitative estimate of drug-likeness (QED) is 0.272. The fraction of sp³-hybridized carbons (Fsp3) is 0.355. The van der Waals surface area contributed by atoms with Crippen molar-refractivity contribution in [2.45, 2.75) is 57.7 Å². The molecule has 0 radical (unpaired) electrons. The number of aromatic nitrogens is 1. The standard InChI is InChI=1S/C31H32N2O5/c1-20-16-23-19-33(14-12-29(23)37-20)18-22-4-3-5-26-25(22)10-11-30(26)38-24-8-6-21(7-9-24)27(17-31(34)35-2)28-13-15-36-32-28/h3-9,13,15-16,27,30H,10-12,14,17-19H2,1-2H3/t27-,30+/m0/s1. The van der Waals surface area contributed by atoms with E-state index in [-0.39, 0.29) is 24.4 Å². The van der Waals surface area contributed by atoms with Crippen LogP contribution < -0.4 is 4.74 Å². The van der Waals surface area contributed by atoms with Crippen molar-refractivity contribution in [2.75, 3.05) is 13.7 Å². The van der Waals surface area contributed by atoms with Gasteiger partial charge < -0.3 is 18.4 Å². The predicted molar refractivity (Wildman–Crippen MR) is 141 cm³/mol. The Morgan fingerprint density at radius 3 is 2.82 bits per heavy atom. The summed E-state index contributed by atoms with van der Waals surface area (Å²) in [6, 6.07) is 18.5. The normalized spacial score (nSPS) is 17.6. The second-order valence-corrected chi connectivity index (χ2v) is 10.2. The molecular formula is C31H32N2O5. The second kappa shape index (κ2) is 10.5. The third kappa shape index (κ3) is 4.98. The fourth-order valence-corrected chi connectivity index (χ4v) is 5.87. The fourth-order valence-electron chi connectivity index (χ4n) is 5.87. The minimum absolute atomic E-state index is 0.0293. The number of hydrogen-bond donors (Lipinski definition) is 0. The van der Waals surface area contributed by atoms with Crippen LogP contribution in [0.25, 0.3) is 0 Å². The third-order valence-corrected chi connectivity index (χ3v) is 7.75. The van der Waals surface area contributed by atoms with E-state index in [1.165, 1.54) is 35.6 Å². The molecule has 0 N–H and O–H groups in total. The summed E-state index contributed by atoms with van der Waals surface area (Å²) in [5.41, 5.74) is 7.09. The number of nitrogens with zero attached hydrogens (tertiary/aromatic N) is 2. The molecule has 1 aliphatic carbocycles. The number of furan rings is 1. The van der Waals surface area contributed by atoms with E-state index >= 15 is 0 Å². The van der Waals surface area contributed by atoms with E-state index in [0.29, 0.717) is 5.69 Å². The summed E-state index contributed by atoms with van der Waals surface area (Å²) in [5, 5.41) is 4.05. The van der Waals surface area contributed by atoms with Gasteiger partial charge in [0.05, 0.1) is 19.2 Å². The SMILES string of the molecule is COC(=O)C[C@@H](c1ccc(O[C@@H]2CCc3c(CN4CCc5oc(C)cc5C4)cccc32)cc1)c1ccon1. The highest BCUT2D eigenvalue weighted by Crippen LogP contribution is 2.38. The van der Waals surface area contributed by atoms with E-state index in [1.54, 1.807) is 6.07 Å². The predicted octanol–water partition coefficient (Wildman–Crippen LogP) is 5.90. The van der Waals surface area contributed by atoms with E-state index in [1.807, 2.05) is 31.2 Å². The van der Waals surface area contributed by atoms with Gasteiger partial charge in [0.15, 0.2) is 0 Å². The lowest BCUT2D eigenvalue weighted by Crippen LogP contribution is -2.29. The maximum atomic E-state index is 12.0. The topological polar surface area (TPSA) is 77.9 Å². The molecule has 38 heavy (non-hydrogen) atoms. The van der Waals surface area contributed by atoms with Crippen molar-refractivity contribution < 1.29 is 23.2 Å². The van der Waals surface area contributed by atoms with Gasteiger partial charge in [-0.05, 0) is 60.2 Å². The van der Waals surface area contributed by atoms with Crippen LogP contribution in [0, 0.1) is 6.92 Å². The Hall–Kier alpha value is -3.84. The maximum absolute atomic E-state index is 12.0. The molecule has 1 aliphatic heterocycles. The Morgan fingerprint density at radius 1 is 1.16 bits per heavy atom. The lowest BCUT2D eigenvalue weighted by atomic mass is 9.92. The van der Waals surface area contributed by atoms with Gasteiger partial charge in [-0.15, -0.1) is 0 Å². The summed E-state index contributed by atoms with van der Waals surface area (Å²) >= 11 is 0. The van der Waals surface area contributed by atoms with Crippen LogP contribution in [-0.4, -0.2) is 29.7 Å². The van der Waals surface area contributed by atoms with E-state index in [4.69, 9.17) is 18.4 Å². The maximum Gasteiger partial charge on any atom is 0.306 e. The first-order chi connectivity index (χ1) is 18.6. The summed E-state index contributed by atoms with van der Waals surface area (Å²) in [5.74, 6) is 2.44. The number of rotatable bonds is 8. The molecule has 0 saturated heterocycles. The molecule has 7 nitrogen and oxygen atoms in total. The van der Waals surface area contributed by atoms with Crippen molar-refractivity contribution in [3.8, 4) is 5.75 Å². The largest absolute Gasteiger partial charge is 0.486 e. The number of hydrogen-bond acceptors (Lipinski definition) is 7. The zero-order chi connectivity index (χ0) is 26.1. The van der Waals surface area contributed by atoms with Crippen LogP contribution in [0.5, 0.6) is 5.75 Å². The number of carbonyl (C=O) groups is 1. The lowest BCUT2D eigenvalue weighted by Gasteiger charge is -2.27. The first-order valence-electron chi connectivity index (χ1n) is 13.2. The van der Waals surface area contributed by atoms with Crippen LogP contribution in [0.2, 0.25) is 0 Å². The lowest BCUT2D eigenvalue weighted by molar-refractivity contribution is -0.140. The number of methoxy groups -OCH3 is 1. The smallest absolute Gasteiger partial charge is 0.306 e. The van der Waals surface area contributed by atoms with Crippen molar-refractivity contribution in [2.24, 2.45) is 0 Å². The van der Waals surface area contributed by atoms with Gasteiger partial charge in [0.25, 0.3) is 0 Å². The Morgan fingerprint density at radius 2 is 2.03 bits per heavy atom. The average Bonchev–Trinajstić information content (AvgIpc) is 3.68. The summed E-state index contributed by atoms with van der Waals surface area (Å²) < 4.78 is 22.2. The molecule has 0 spiro atoms. The van der Waals surface area contributed by atoms with Gasteiger partial charge in [0.2, 0.25) is 0 Å². The highest BCUT2D eigenvalue weighted by molar-refractivity contribution is 5.71. The molecule has 2 aromatic heterocycles. The van der Waals surface area contributed by atoms with E-state index in [9.17, 15) is 4.79 Å². The number of ether oxygens (including phenoxy) is 2. The molecule has 0 amide bonds. The van der Waals surface area contributed by atoms with Gasteiger partial charge in [0, 0.05) is 43.6 Å². The molecule has 3 heterocycles. The summed E-state index contributed by atoms with van der Waals surface area (Å²) in [7, 11) is 1.40. The Kier molecular flexibility index (Phi) is 6.77. The zero-order valence-electron chi connectivity index (χ0n) is 21.8. The number of carbonyl (C=O) groups excluding carboxylic acids is 1. The van der Waals surface area contributed by atoms with Crippen LogP contribution >= 0.6 is 0 Å². The molecule has 0 unspecified atom stereocenters. The molecule has 196 valence electrons. The molecule has 2 aromatic carbocycles. The minimum Gasteiger partial charge on any atom is -0.486 e. The second-order valence-electron chi connectivity index (χ2n) is 10.2. The van der Waals surface area contributed by atoms with Crippen LogP contribution in [0.4, 0.5) is 0 Å². The zero-order valence-corrected chi connectivity index (χ0v) is 21.8. The monoisotopic (exact) mass is 512 g/mol. The average molecular weight is 513 g/mol. The molecule has 0 saturated carbocycles. The molecule has 0 fully saturated rings. The Bertz CT molecular complexity index is 1410. The summed E-state index contributed by atoms with van der Waals surface area (Å²) in [4.78, 5) is 14.5. The van der Waals surface area contributed by atoms with Crippen molar-refractivity contribution in [3.05, 3.63) is 106 Å². The highest BCUT2D eigenvalue weighted by Gasteiger charge is 2.28. The number of aryl methyl sites for hydroxylation is 1. The van der Waals surface area contributed by atoms with Gasteiger partial charge >= 0.3 is 5.97 Å². The van der Waals surface area contributed by atoms with Crippen molar-refractivity contribution in [1.82, 2.24) is 10.1 Å². The van der Waals surface area contributed by atoms with Crippen molar-refractivity contribution in [1.29, 1.82) is 0 Å².